The lowest BCUT2D eigenvalue weighted by atomic mass is 10.0. The molecule has 9 heteroatoms. The fourth-order valence-electron chi connectivity index (χ4n) is 5.55. The quantitative estimate of drug-likeness (QED) is 0.150. The minimum atomic E-state index is -0.381. The number of anilines is 1. The molecule has 38 heavy (non-hydrogen) atoms. The van der Waals surface area contributed by atoms with E-state index >= 15 is 0 Å². The number of nitrogens with zero attached hydrogens (tertiary/aromatic N) is 4. The van der Waals surface area contributed by atoms with Crippen LogP contribution in [-0.2, 0) is 0 Å². The zero-order valence-corrected chi connectivity index (χ0v) is 22.3. The van der Waals surface area contributed by atoms with Crippen LogP contribution in [0.1, 0.15) is 55.2 Å². The van der Waals surface area contributed by atoms with Crippen LogP contribution < -0.4 is 10.2 Å². The molecule has 3 heterocycles. The van der Waals surface area contributed by atoms with E-state index in [1.165, 1.54) is 43.5 Å². The highest BCUT2D eigenvalue weighted by atomic mass is 32.2. The van der Waals surface area contributed by atoms with Crippen LogP contribution in [-0.4, -0.2) is 19.6 Å². The van der Waals surface area contributed by atoms with Crippen LogP contribution in [0.5, 0.6) is 0 Å². The maximum Gasteiger partial charge on any atom is 0.269 e. The number of nitro groups is 1. The van der Waals surface area contributed by atoms with Crippen LogP contribution in [0.3, 0.4) is 0 Å². The first-order valence-electron chi connectivity index (χ1n) is 12.8. The molecule has 2 aromatic carbocycles. The molecule has 0 amide bonds. The molecule has 1 saturated carbocycles. The Morgan fingerprint density at radius 2 is 1.66 bits per heavy atom. The molecule has 6 rings (SSSR count). The summed E-state index contributed by atoms with van der Waals surface area (Å²) < 4.78 is 2.45. The van der Waals surface area contributed by atoms with Crippen molar-refractivity contribution in [3.8, 4) is 0 Å². The molecular weight excluding hydrogens is 514 g/mol. The minimum absolute atomic E-state index is 0.0406. The topological polar surface area (TPSA) is 76.2 Å². The molecule has 1 N–H and O–H groups in total. The van der Waals surface area contributed by atoms with Gasteiger partial charge in [0.1, 0.15) is 6.04 Å². The summed E-state index contributed by atoms with van der Waals surface area (Å²) >= 11 is 7.49. The Bertz CT molecular complexity index is 1430. The second-order valence-corrected chi connectivity index (χ2v) is 11.2. The average molecular weight is 542 g/mol. The number of rotatable bonds is 7. The number of thiocarbonyl (C=S) groups is 1. The van der Waals surface area contributed by atoms with Crippen LogP contribution >= 0.6 is 24.0 Å². The number of hydrogen-bond donors (Lipinski definition) is 1. The van der Waals surface area contributed by atoms with Crippen molar-refractivity contribution in [2.75, 3.05) is 4.90 Å². The van der Waals surface area contributed by atoms with Crippen molar-refractivity contribution < 1.29 is 4.92 Å². The number of non-ortho nitro benzene ring substituents is 1. The Balaban J connectivity index is 1.32. The van der Waals surface area contributed by atoms with E-state index in [0.717, 1.165) is 21.2 Å². The van der Waals surface area contributed by atoms with Gasteiger partial charge in [-0.1, -0.05) is 30.7 Å². The highest BCUT2D eigenvalue weighted by molar-refractivity contribution is 7.99. The third kappa shape index (κ3) is 4.79. The third-order valence-corrected chi connectivity index (χ3v) is 8.66. The molecule has 4 aromatic rings. The molecule has 2 atom stereocenters. The van der Waals surface area contributed by atoms with Crippen LogP contribution in [0, 0.1) is 10.1 Å². The summed E-state index contributed by atoms with van der Waals surface area (Å²) in [6.07, 6.45) is 8.99. The first kappa shape index (κ1) is 24.6. The van der Waals surface area contributed by atoms with Crippen LogP contribution in [0.2, 0.25) is 0 Å². The third-order valence-electron chi connectivity index (χ3n) is 7.33. The first-order valence-corrected chi connectivity index (χ1v) is 14.0. The van der Waals surface area contributed by atoms with Crippen LogP contribution in [0.25, 0.3) is 0 Å². The maximum absolute atomic E-state index is 11.0. The molecule has 0 unspecified atom stereocenters. The lowest BCUT2D eigenvalue weighted by molar-refractivity contribution is -0.384. The average Bonchev–Trinajstić information content (AvgIpc) is 3.70. The summed E-state index contributed by atoms with van der Waals surface area (Å²) in [5.41, 5.74) is 3.31. The van der Waals surface area contributed by atoms with E-state index in [4.69, 9.17) is 12.2 Å². The standard InChI is InChI=1S/C29H27N5O2S2/c35-34(36)22-12-16-24(17-13-22)38-23-14-10-21(11-15-23)33-28(26-9-5-19-32(26)20-6-1-2-7-20)27(31-29(33)37)25-8-3-4-18-30-25/h3-5,8-20,27-28H,1-2,6-7H2,(H,31,37)/t27-,28+/m1/s1. The highest BCUT2D eigenvalue weighted by Crippen LogP contribution is 2.44. The van der Waals surface area contributed by atoms with Gasteiger partial charge in [0.25, 0.3) is 5.69 Å². The summed E-state index contributed by atoms with van der Waals surface area (Å²) in [6, 6.07) is 25.7. The van der Waals surface area contributed by atoms with Gasteiger partial charge in [0.2, 0.25) is 0 Å². The molecule has 7 nitrogen and oxygen atoms in total. The number of nitrogens with one attached hydrogen (secondary N) is 1. The summed E-state index contributed by atoms with van der Waals surface area (Å²) in [5.74, 6) is 0. The van der Waals surface area contributed by atoms with Gasteiger partial charge in [-0.05, 0) is 85.7 Å². The van der Waals surface area contributed by atoms with Gasteiger partial charge in [-0.3, -0.25) is 15.1 Å². The van der Waals surface area contributed by atoms with E-state index in [1.54, 1.807) is 23.9 Å². The van der Waals surface area contributed by atoms with Crippen molar-refractivity contribution in [3.05, 3.63) is 113 Å². The van der Waals surface area contributed by atoms with Gasteiger partial charge in [-0.15, -0.1) is 0 Å². The van der Waals surface area contributed by atoms with Gasteiger partial charge in [0.15, 0.2) is 5.11 Å². The van der Waals surface area contributed by atoms with E-state index < -0.39 is 0 Å². The molecule has 1 aliphatic carbocycles. The molecule has 0 spiro atoms. The highest BCUT2D eigenvalue weighted by Gasteiger charge is 2.42. The van der Waals surface area contributed by atoms with E-state index in [-0.39, 0.29) is 22.7 Å². The summed E-state index contributed by atoms with van der Waals surface area (Å²) in [4.78, 5) is 19.5. The van der Waals surface area contributed by atoms with E-state index in [2.05, 4.69) is 68.4 Å². The Kier molecular flexibility index (Phi) is 6.86. The van der Waals surface area contributed by atoms with Crippen molar-refractivity contribution in [2.45, 2.75) is 53.6 Å². The molecule has 2 fully saturated rings. The summed E-state index contributed by atoms with van der Waals surface area (Å²) in [5, 5.41) is 15.2. The van der Waals surface area contributed by atoms with Crippen molar-refractivity contribution in [3.63, 3.8) is 0 Å². The first-order chi connectivity index (χ1) is 18.6. The van der Waals surface area contributed by atoms with Crippen molar-refractivity contribution in [1.29, 1.82) is 0 Å². The van der Waals surface area contributed by atoms with Gasteiger partial charge < -0.3 is 14.8 Å². The predicted molar refractivity (Wildman–Crippen MR) is 154 cm³/mol. The summed E-state index contributed by atoms with van der Waals surface area (Å²) in [6.45, 7) is 0. The normalized spacial score (nSPS) is 19.6. The molecule has 1 aliphatic heterocycles. The van der Waals surface area contributed by atoms with Gasteiger partial charge >= 0.3 is 0 Å². The van der Waals surface area contributed by atoms with Crippen LogP contribution in [0.4, 0.5) is 11.4 Å². The van der Waals surface area contributed by atoms with Crippen molar-refractivity contribution in [2.24, 2.45) is 0 Å². The number of aromatic nitrogens is 2. The molecule has 0 radical (unpaired) electrons. The lowest BCUT2D eigenvalue weighted by Gasteiger charge is -2.30. The second-order valence-electron chi connectivity index (χ2n) is 9.62. The monoisotopic (exact) mass is 541 g/mol. The van der Waals surface area contributed by atoms with Gasteiger partial charge in [-0.2, -0.15) is 0 Å². The molecule has 1 saturated heterocycles. The fourth-order valence-corrected chi connectivity index (χ4v) is 6.72. The lowest BCUT2D eigenvalue weighted by Crippen LogP contribution is -2.30. The van der Waals surface area contributed by atoms with Gasteiger partial charge in [0, 0.05) is 51.7 Å². The van der Waals surface area contributed by atoms with Crippen molar-refractivity contribution in [1.82, 2.24) is 14.9 Å². The fraction of sp³-hybridized carbons (Fsp3) is 0.241. The van der Waals surface area contributed by atoms with Crippen LogP contribution in [0.15, 0.2) is 101 Å². The summed E-state index contributed by atoms with van der Waals surface area (Å²) in [7, 11) is 0. The maximum atomic E-state index is 11.0. The Morgan fingerprint density at radius 1 is 0.947 bits per heavy atom. The van der Waals surface area contributed by atoms with Gasteiger partial charge in [-0.25, -0.2) is 0 Å². The molecule has 192 valence electrons. The molecule has 2 aromatic heterocycles. The molecule has 2 aliphatic rings. The van der Waals surface area contributed by atoms with Gasteiger partial charge in [0.05, 0.1) is 16.7 Å². The smallest absolute Gasteiger partial charge is 0.269 e. The number of hydrogen-bond acceptors (Lipinski definition) is 5. The Labute approximate surface area is 231 Å². The van der Waals surface area contributed by atoms with E-state index in [1.807, 2.05) is 18.3 Å². The largest absolute Gasteiger partial charge is 0.351 e. The van der Waals surface area contributed by atoms with Crippen molar-refractivity contribution >= 4 is 40.5 Å². The zero-order valence-electron chi connectivity index (χ0n) is 20.6. The number of nitro benzene ring substituents is 1. The Hall–Kier alpha value is -3.69. The number of pyridine rings is 1. The molecular formula is C29H27N5O2S2. The molecule has 0 bridgehead atoms. The zero-order chi connectivity index (χ0) is 26.1. The predicted octanol–water partition coefficient (Wildman–Crippen LogP) is 7.23. The van der Waals surface area contributed by atoms with E-state index in [9.17, 15) is 10.1 Å². The number of benzene rings is 2. The SMILES string of the molecule is O=[N+]([O-])c1ccc(Sc2ccc(N3C(=S)N[C@H](c4ccccn4)[C@@H]3c3cccn3C3CCCC3)cc2)cc1. The second kappa shape index (κ2) is 10.6. The minimum Gasteiger partial charge on any atom is -0.351 e. The Morgan fingerprint density at radius 3 is 2.32 bits per heavy atom. The van der Waals surface area contributed by atoms with E-state index in [0.29, 0.717) is 11.2 Å².